The van der Waals surface area contributed by atoms with Crippen molar-refractivity contribution in [2.75, 3.05) is 13.2 Å². The summed E-state index contributed by atoms with van der Waals surface area (Å²) in [7, 11) is 0. The number of nitrogens with zero attached hydrogens (tertiary/aromatic N) is 2. The highest BCUT2D eigenvalue weighted by Crippen LogP contribution is 2.45. The van der Waals surface area contributed by atoms with E-state index < -0.39 is 5.92 Å². The molecule has 0 saturated carbocycles. The maximum atomic E-state index is 9.87. The third kappa shape index (κ3) is 4.12. The Bertz CT molecular complexity index is 1140. The molecule has 2 heterocycles. The molecule has 0 saturated heterocycles. The minimum atomic E-state index is -0.409. The fourth-order valence-electron chi connectivity index (χ4n) is 3.71. The zero-order chi connectivity index (χ0) is 22.5. The minimum absolute atomic E-state index is 0.0673. The summed E-state index contributed by atoms with van der Waals surface area (Å²) in [6.07, 6.45) is 1.88. The van der Waals surface area contributed by atoms with E-state index in [-0.39, 0.29) is 5.88 Å². The molecule has 2 aromatic carbocycles. The maximum Gasteiger partial charge on any atom is 0.244 e. The number of ether oxygens (including phenoxy) is 3. The number of hydrogen-bond donors (Lipinski definition) is 2. The number of aromatic nitrogens is 2. The van der Waals surface area contributed by atoms with E-state index in [1.165, 1.54) is 0 Å². The van der Waals surface area contributed by atoms with Crippen LogP contribution in [0.3, 0.4) is 0 Å². The molecule has 1 aliphatic heterocycles. The first-order valence-corrected chi connectivity index (χ1v) is 10.8. The second-order valence-electron chi connectivity index (χ2n) is 7.53. The van der Waals surface area contributed by atoms with Crippen LogP contribution in [-0.4, -0.2) is 23.4 Å². The van der Waals surface area contributed by atoms with Gasteiger partial charge in [0.25, 0.3) is 0 Å². The van der Waals surface area contributed by atoms with Crippen LogP contribution in [0.4, 0.5) is 0 Å². The van der Waals surface area contributed by atoms with E-state index in [0.717, 1.165) is 46.7 Å². The second-order valence-corrected chi connectivity index (χ2v) is 7.53. The van der Waals surface area contributed by atoms with E-state index in [1.807, 2.05) is 48.5 Å². The smallest absolute Gasteiger partial charge is 0.244 e. The Balaban J connectivity index is 1.74. The number of aromatic amines is 1. The van der Waals surface area contributed by atoms with Gasteiger partial charge in [-0.2, -0.15) is 5.26 Å². The summed E-state index contributed by atoms with van der Waals surface area (Å²) >= 11 is 0. The predicted octanol–water partition coefficient (Wildman–Crippen LogP) is 4.87. The van der Waals surface area contributed by atoms with Crippen LogP contribution in [0.25, 0.3) is 11.3 Å². The van der Waals surface area contributed by atoms with Gasteiger partial charge in [-0.15, -0.1) is 5.10 Å². The van der Waals surface area contributed by atoms with Crippen molar-refractivity contribution in [1.29, 1.82) is 5.26 Å². The van der Waals surface area contributed by atoms with Crippen molar-refractivity contribution in [2.45, 2.75) is 32.6 Å². The summed E-state index contributed by atoms with van der Waals surface area (Å²) in [6, 6.07) is 17.7. The molecular formula is C25H26N4O3. The van der Waals surface area contributed by atoms with E-state index in [4.69, 9.17) is 19.9 Å². The van der Waals surface area contributed by atoms with E-state index in [0.29, 0.717) is 24.7 Å². The molecular weight excluding hydrogens is 404 g/mol. The van der Waals surface area contributed by atoms with Crippen molar-refractivity contribution < 1.29 is 14.2 Å². The van der Waals surface area contributed by atoms with Gasteiger partial charge >= 0.3 is 0 Å². The van der Waals surface area contributed by atoms with Crippen LogP contribution in [-0.2, 0) is 0 Å². The molecule has 3 aromatic rings. The first-order chi connectivity index (χ1) is 15.7. The number of nitrogens with one attached hydrogen (secondary N) is 1. The van der Waals surface area contributed by atoms with Crippen LogP contribution in [0.15, 0.2) is 60.0 Å². The monoisotopic (exact) mass is 430 g/mol. The molecule has 164 valence electrons. The van der Waals surface area contributed by atoms with Gasteiger partial charge in [-0.1, -0.05) is 26.0 Å². The Hall–Kier alpha value is -3.92. The number of hydrogen-bond acceptors (Lipinski definition) is 6. The number of H-pyrrole nitrogens is 1. The van der Waals surface area contributed by atoms with Crippen molar-refractivity contribution in [3.63, 3.8) is 0 Å². The van der Waals surface area contributed by atoms with Gasteiger partial charge in [0.15, 0.2) is 0 Å². The van der Waals surface area contributed by atoms with Gasteiger partial charge in [-0.25, -0.2) is 0 Å². The first kappa shape index (κ1) is 21.3. The molecule has 1 atom stereocenters. The molecule has 7 heteroatoms. The molecule has 0 amide bonds. The standard InChI is InChI=1S/C25H26N4O3/c1-3-13-30-18-9-5-16(6-10-18)21-20(15-26)24(27)32-25-22(21)23(28-29-25)17-7-11-19(12-8-17)31-14-4-2/h5-12,21H,3-4,13-14,27H2,1-2H3,(H,28,29)/t21-/m0/s1. The number of rotatable bonds is 8. The average molecular weight is 431 g/mol. The molecule has 0 fully saturated rings. The van der Waals surface area contributed by atoms with Gasteiger partial charge in [-0.3, -0.25) is 5.10 Å². The lowest BCUT2D eigenvalue weighted by Gasteiger charge is -2.24. The highest BCUT2D eigenvalue weighted by Gasteiger charge is 2.35. The van der Waals surface area contributed by atoms with Crippen molar-refractivity contribution in [1.82, 2.24) is 10.2 Å². The maximum absolute atomic E-state index is 9.87. The molecule has 0 bridgehead atoms. The Morgan fingerprint density at radius 1 is 1.00 bits per heavy atom. The lowest BCUT2D eigenvalue weighted by atomic mass is 9.83. The van der Waals surface area contributed by atoms with Crippen molar-refractivity contribution >= 4 is 0 Å². The van der Waals surface area contributed by atoms with Crippen LogP contribution in [0.1, 0.15) is 43.7 Å². The average Bonchev–Trinajstić information content (AvgIpc) is 3.24. The highest BCUT2D eigenvalue weighted by molar-refractivity contribution is 5.71. The van der Waals surface area contributed by atoms with E-state index in [9.17, 15) is 5.26 Å². The molecule has 0 unspecified atom stereocenters. The van der Waals surface area contributed by atoms with Gasteiger partial charge in [0.1, 0.15) is 23.1 Å². The zero-order valence-corrected chi connectivity index (χ0v) is 18.2. The molecule has 0 aliphatic carbocycles. The van der Waals surface area contributed by atoms with E-state index >= 15 is 0 Å². The molecule has 4 rings (SSSR count). The summed E-state index contributed by atoms with van der Waals surface area (Å²) in [5, 5.41) is 17.3. The van der Waals surface area contributed by atoms with Crippen molar-refractivity contribution in [3.8, 4) is 34.7 Å². The van der Waals surface area contributed by atoms with Gasteiger partial charge in [0.2, 0.25) is 11.8 Å². The topological polar surface area (TPSA) is 106 Å². The molecule has 7 nitrogen and oxygen atoms in total. The Labute approximate surface area is 187 Å². The lowest BCUT2D eigenvalue weighted by molar-refractivity contribution is 0.317. The van der Waals surface area contributed by atoms with Gasteiger partial charge in [0, 0.05) is 5.56 Å². The van der Waals surface area contributed by atoms with Crippen LogP contribution >= 0.6 is 0 Å². The third-order valence-electron chi connectivity index (χ3n) is 5.24. The fraction of sp³-hybridized carbons (Fsp3) is 0.280. The minimum Gasteiger partial charge on any atom is -0.494 e. The lowest BCUT2D eigenvalue weighted by Crippen LogP contribution is -2.21. The van der Waals surface area contributed by atoms with Crippen molar-refractivity contribution in [2.24, 2.45) is 5.73 Å². The van der Waals surface area contributed by atoms with Crippen LogP contribution < -0.4 is 19.9 Å². The Morgan fingerprint density at radius 3 is 2.16 bits per heavy atom. The number of benzene rings is 2. The number of allylic oxidation sites excluding steroid dienone is 1. The van der Waals surface area contributed by atoms with Crippen LogP contribution in [0, 0.1) is 11.3 Å². The summed E-state index contributed by atoms with van der Waals surface area (Å²) in [5.74, 6) is 1.63. The summed E-state index contributed by atoms with van der Waals surface area (Å²) < 4.78 is 17.1. The van der Waals surface area contributed by atoms with E-state index in [1.54, 1.807) is 0 Å². The summed E-state index contributed by atoms with van der Waals surface area (Å²) in [4.78, 5) is 0. The third-order valence-corrected chi connectivity index (χ3v) is 5.24. The number of nitriles is 1. The van der Waals surface area contributed by atoms with Gasteiger partial charge in [-0.05, 0) is 54.8 Å². The quantitative estimate of drug-likeness (QED) is 0.528. The second kappa shape index (κ2) is 9.48. The molecule has 1 aliphatic rings. The predicted molar refractivity (Wildman–Crippen MR) is 121 cm³/mol. The summed E-state index contributed by atoms with van der Waals surface area (Å²) in [6.45, 7) is 5.45. The fourth-order valence-corrected chi connectivity index (χ4v) is 3.71. The molecule has 1 aromatic heterocycles. The first-order valence-electron chi connectivity index (χ1n) is 10.8. The Morgan fingerprint density at radius 2 is 1.59 bits per heavy atom. The van der Waals surface area contributed by atoms with E-state index in [2.05, 4.69) is 30.1 Å². The van der Waals surface area contributed by atoms with Crippen molar-refractivity contribution in [3.05, 3.63) is 71.1 Å². The Kier molecular flexibility index (Phi) is 6.31. The molecule has 0 radical (unpaired) electrons. The van der Waals surface area contributed by atoms with Gasteiger partial charge < -0.3 is 19.9 Å². The SMILES string of the molecule is CCCOc1ccc(-c2[nH]nc3c2[C@@H](c2ccc(OCCC)cc2)C(C#N)=C(N)O3)cc1. The highest BCUT2D eigenvalue weighted by atomic mass is 16.5. The summed E-state index contributed by atoms with van der Waals surface area (Å²) in [5.41, 5.74) is 9.81. The van der Waals surface area contributed by atoms with Gasteiger partial charge in [0.05, 0.1) is 30.4 Å². The normalized spacial score (nSPS) is 15.0. The number of fused-ring (bicyclic) bond motifs is 1. The molecule has 0 spiro atoms. The number of nitrogens with two attached hydrogens (primary N) is 1. The van der Waals surface area contributed by atoms with Crippen LogP contribution in [0.2, 0.25) is 0 Å². The largest absolute Gasteiger partial charge is 0.494 e. The molecule has 32 heavy (non-hydrogen) atoms. The molecule has 3 N–H and O–H groups in total. The van der Waals surface area contributed by atoms with Crippen LogP contribution in [0.5, 0.6) is 17.4 Å². The zero-order valence-electron chi connectivity index (χ0n) is 18.2.